The standard InChI is InChI=1S/C13H11F2NO/c1-13(2,3)12-10(6-16)17-9-5-7(14)4-8(15)11(9)12/h4-5H,1-3H3. The lowest BCUT2D eigenvalue weighted by Gasteiger charge is -2.17. The summed E-state index contributed by atoms with van der Waals surface area (Å²) in [7, 11) is 0. The average Bonchev–Trinajstić information content (AvgIpc) is 2.55. The van der Waals surface area contributed by atoms with Crippen LogP contribution in [-0.4, -0.2) is 0 Å². The van der Waals surface area contributed by atoms with Crippen molar-refractivity contribution in [2.75, 3.05) is 0 Å². The Kier molecular flexibility index (Phi) is 2.43. The molecule has 0 spiro atoms. The van der Waals surface area contributed by atoms with E-state index in [-0.39, 0.29) is 16.7 Å². The molecule has 0 bridgehead atoms. The Hall–Kier alpha value is -1.89. The van der Waals surface area contributed by atoms with Gasteiger partial charge in [0.2, 0.25) is 5.76 Å². The normalized spacial score (nSPS) is 11.8. The second-order valence-corrected chi connectivity index (χ2v) is 4.93. The predicted octanol–water partition coefficient (Wildman–Crippen LogP) is 3.88. The zero-order valence-corrected chi connectivity index (χ0v) is 9.77. The Bertz CT molecular complexity index is 629. The minimum Gasteiger partial charge on any atom is -0.445 e. The summed E-state index contributed by atoms with van der Waals surface area (Å²) in [6.07, 6.45) is 0. The summed E-state index contributed by atoms with van der Waals surface area (Å²) in [5.41, 5.74) is 0.103. The van der Waals surface area contributed by atoms with Crippen molar-refractivity contribution in [1.29, 1.82) is 5.26 Å². The van der Waals surface area contributed by atoms with Crippen molar-refractivity contribution in [3.63, 3.8) is 0 Å². The second kappa shape index (κ2) is 3.56. The van der Waals surface area contributed by atoms with Crippen LogP contribution in [-0.2, 0) is 5.41 Å². The van der Waals surface area contributed by atoms with E-state index in [2.05, 4.69) is 0 Å². The summed E-state index contributed by atoms with van der Waals surface area (Å²) in [4.78, 5) is 0. The number of hydrogen-bond donors (Lipinski definition) is 0. The predicted molar refractivity (Wildman–Crippen MR) is 59.5 cm³/mol. The highest BCUT2D eigenvalue weighted by Gasteiger charge is 2.27. The van der Waals surface area contributed by atoms with E-state index < -0.39 is 17.0 Å². The summed E-state index contributed by atoms with van der Waals surface area (Å²) in [5.74, 6) is -1.37. The van der Waals surface area contributed by atoms with Crippen LogP contribution in [0.2, 0.25) is 0 Å². The van der Waals surface area contributed by atoms with Gasteiger partial charge in [0.15, 0.2) is 0 Å². The van der Waals surface area contributed by atoms with Crippen LogP contribution >= 0.6 is 0 Å². The molecule has 0 aliphatic heterocycles. The quantitative estimate of drug-likeness (QED) is 0.694. The van der Waals surface area contributed by atoms with Crippen LogP contribution in [0.3, 0.4) is 0 Å². The average molecular weight is 235 g/mol. The van der Waals surface area contributed by atoms with Crippen molar-refractivity contribution >= 4 is 11.0 Å². The SMILES string of the molecule is CC(C)(C)c1c(C#N)oc2cc(F)cc(F)c12. The zero-order valence-electron chi connectivity index (χ0n) is 9.77. The topological polar surface area (TPSA) is 36.9 Å². The Labute approximate surface area is 97.5 Å². The van der Waals surface area contributed by atoms with Crippen LogP contribution in [0.4, 0.5) is 8.78 Å². The Morgan fingerprint density at radius 1 is 1.24 bits per heavy atom. The van der Waals surface area contributed by atoms with Crippen molar-refractivity contribution in [3.8, 4) is 6.07 Å². The van der Waals surface area contributed by atoms with Crippen LogP contribution in [0.15, 0.2) is 16.5 Å². The molecule has 0 fully saturated rings. The molecule has 17 heavy (non-hydrogen) atoms. The number of rotatable bonds is 0. The Morgan fingerprint density at radius 2 is 1.88 bits per heavy atom. The summed E-state index contributed by atoms with van der Waals surface area (Å²) >= 11 is 0. The molecule has 2 nitrogen and oxygen atoms in total. The molecule has 0 aliphatic rings. The summed E-state index contributed by atoms with van der Waals surface area (Å²) in [6.45, 7) is 5.54. The Morgan fingerprint density at radius 3 is 2.41 bits per heavy atom. The van der Waals surface area contributed by atoms with Crippen molar-refractivity contribution in [2.24, 2.45) is 0 Å². The maximum atomic E-state index is 13.8. The third-order valence-corrected chi connectivity index (χ3v) is 2.56. The first-order valence-corrected chi connectivity index (χ1v) is 5.16. The largest absolute Gasteiger partial charge is 0.445 e. The van der Waals surface area contributed by atoms with Gasteiger partial charge in [0.05, 0.1) is 5.39 Å². The van der Waals surface area contributed by atoms with Gasteiger partial charge in [-0.1, -0.05) is 20.8 Å². The fourth-order valence-electron chi connectivity index (χ4n) is 1.94. The molecule has 0 saturated heterocycles. The van der Waals surface area contributed by atoms with Gasteiger partial charge >= 0.3 is 0 Å². The van der Waals surface area contributed by atoms with E-state index in [0.29, 0.717) is 5.56 Å². The van der Waals surface area contributed by atoms with Gasteiger partial charge in [-0.15, -0.1) is 0 Å². The van der Waals surface area contributed by atoms with Gasteiger partial charge in [0.1, 0.15) is 23.3 Å². The van der Waals surface area contributed by atoms with Gasteiger partial charge in [0, 0.05) is 17.7 Å². The van der Waals surface area contributed by atoms with Gasteiger partial charge in [0.25, 0.3) is 0 Å². The number of fused-ring (bicyclic) bond motifs is 1. The maximum Gasteiger partial charge on any atom is 0.208 e. The smallest absolute Gasteiger partial charge is 0.208 e. The number of nitrogens with zero attached hydrogens (tertiary/aromatic N) is 1. The lowest BCUT2D eigenvalue weighted by atomic mass is 9.85. The molecule has 0 atom stereocenters. The molecule has 1 aromatic carbocycles. The molecule has 0 amide bonds. The lowest BCUT2D eigenvalue weighted by molar-refractivity contribution is 0.544. The number of furan rings is 1. The van der Waals surface area contributed by atoms with Gasteiger partial charge in [-0.05, 0) is 5.41 Å². The lowest BCUT2D eigenvalue weighted by Crippen LogP contribution is -2.12. The van der Waals surface area contributed by atoms with E-state index in [4.69, 9.17) is 9.68 Å². The highest BCUT2D eigenvalue weighted by molar-refractivity contribution is 5.85. The molecular weight excluding hydrogens is 224 g/mol. The molecule has 88 valence electrons. The maximum absolute atomic E-state index is 13.8. The van der Waals surface area contributed by atoms with Gasteiger partial charge in [-0.2, -0.15) is 5.26 Å². The molecule has 0 radical (unpaired) electrons. The third-order valence-electron chi connectivity index (χ3n) is 2.56. The fraction of sp³-hybridized carbons (Fsp3) is 0.308. The minimum atomic E-state index is -0.714. The van der Waals surface area contributed by atoms with Crippen molar-refractivity contribution in [2.45, 2.75) is 26.2 Å². The van der Waals surface area contributed by atoms with Crippen LogP contribution in [0.1, 0.15) is 32.1 Å². The Balaban J connectivity index is 2.95. The molecule has 2 rings (SSSR count). The van der Waals surface area contributed by atoms with Gasteiger partial charge < -0.3 is 4.42 Å². The highest BCUT2D eigenvalue weighted by Crippen LogP contribution is 2.36. The second-order valence-electron chi connectivity index (χ2n) is 4.93. The molecule has 1 heterocycles. The first-order valence-electron chi connectivity index (χ1n) is 5.16. The van der Waals surface area contributed by atoms with E-state index in [1.165, 1.54) is 0 Å². The van der Waals surface area contributed by atoms with Crippen LogP contribution in [0, 0.1) is 23.0 Å². The molecule has 0 saturated carbocycles. The van der Waals surface area contributed by atoms with Gasteiger partial charge in [-0.25, -0.2) is 8.78 Å². The third kappa shape index (κ3) is 1.78. The molecule has 0 unspecified atom stereocenters. The molecular formula is C13H11F2NO. The molecule has 0 N–H and O–H groups in total. The van der Waals surface area contributed by atoms with Crippen LogP contribution in [0.25, 0.3) is 11.0 Å². The fourth-order valence-corrected chi connectivity index (χ4v) is 1.94. The van der Waals surface area contributed by atoms with Crippen molar-refractivity contribution in [3.05, 3.63) is 35.1 Å². The van der Waals surface area contributed by atoms with Crippen molar-refractivity contribution < 1.29 is 13.2 Å². The summed E-state index contributed by atoms with van der Waals surface area (Å²) < 4.78 is 32.0. The first-order chi connectivity index (χ1) is 7.84. The van der Waals surface area contributed by atoms with Gasteiger partial charge in [-0.3, -0.25) is 0 Å². The first kappa shape index (κ1) is 11.6. The highest BCUT2D eigenvalue weighted by atomic mass is 19.1. The molecule has 0 aliphatic carbocycles. The molecule has 2 aromatic rings. The number of benzene rings is 1. The minimum absolute atomic E-state index is 0.0389. The zero-order chi connectivity index (χ0) is 12.8. The number of nitriles is 1. The van der Waals surface area contributed by atoms with E-state index in [9.17, 15) is 8.78 Å². The van der Waals surface area contributed by atoms with E-state index in [1.807, 2.05) is 26.8 Å². The molecule has 1 aromatic heterocycles. The summed E-state index contributed by atoms with van der Waals surface area (Å²) in [5, 5.41) is 9.17. The van der Waals surface area contributed by atoms with Crippen LogP contribution < -0.4 is 0 Å². The molecule has 4 heteroatoms. The van der Waals surface area contributed by atoms with E-state index in [0.717, 1.165) is 12.1 Å². The number of hydrogen-bond acceptors (Lipinski definition) is 2. The number of halogens is 2. The van der Waals surface area contributed by atoms with E-state index in [1.54, 1.807) is 0 Å². The summed E-state index contributed by atoms with van der Waals surface area (Å²) in [6, 6.07) is 3.77. The van der Waals surface area contributed by atoms with Crippen LogP contribution in [0.5, 0.6) is 0 Å². The monoisotopic (exact) mass is 235 g/mol. The van der Waals surface area contributed by atoms with E-state index >= 15 is 0 Å². The van der Waals surface area contributed by atoms with Crippen molar-refractivity contribution in [1.82, 2.24) is 0 Å².